The molecule has 68 valence electrons. The van der Waals surface area contributed by atoms with E-state index in [1.54, 1.807) is 0 Å². The summed E-state index contributed by atoms with van der Waals surface area (Å²) in [6, 6.07) is 10.5. The molecule has 0 unspecified atom stereocenters. The van der Waals surface area contributed by atoms with Crippen molar-refractivity contribution in [3.05, 3.63) is 61.2 Å². The maximum absolute atomic E-state index is 3.83. The van der Waals surface area contributed by atoms with Gasteiger partial charge >= 0.3 is 0 Å². The Morgan fingerprint density at radius 2 is 1.85 bits per heavy atom. The fraction of sp³-hybridized carbons (Fsp3) is 0.231. The lowest BCUT2D eigenvalue weighted by Crippen LogP contribution is -1.99. The van der Waals surface area contributed by atoms with E-state index >= 15 is 0 Å². The van der Waals surface area contributed by atoms with E-state index in [9.17, 15) is 0 Å². The van der Waals surface area contributed by atoms with Gasteiger partial charge in [0, 0.05) is 0 Å². The SMILES string of the molecule is C=CC[C@H](C=C)Cc1ccccc1. The van der Waals surface area contributed by atoms with Crippen LogP contribution in [-0.2, 0) is 6.42 Å². The lowest BCUT2D eigenvalue weighted by molar-refractivity contribution is 0.661. The molecular formula is C13H16. The molecule has 1 aromatic rings. The van der Waals surface area contributed by atoms with Crippen molar-refractivity contribution in [3.63, 3.8) is 0 Å². The topological polar surface area (TPSA) is 0 Å². The summed E-state index contributed by atoms with van der Waals surface area (Å²) in [4.78, 5) is 0. The van der Waals surface area contributed by atoms with Gasteiger partial charge in [-0.15, -0.1) is 13.2 Å². The summed E-state index contributed by atoms with van der Waals surface area (Å²) < 4.78 is 0. The minimum Gasteiger partial charge on any atom is -0.103 e. The fourth-order valence-electron chi connectivity index (χ4n) is 1.39. The van der Waals surface area contributed by atoms with Crippen LogP contribution in [0.4, 0.5) is 0 Å². The van der Waals surface area contributed by atoms with Gasteiger partial charge in [-0.05, 0) is 24.3 Å². The van der Waals surface area contributed by atoms with Crippen molar-refractivity contribution in [2.45, 2.75) is 12.8 Å². The fourth-order valence-corrected chi connectivity index (χ4v) is 1.39. The summed E-state index contributed by atoms with van der Waals surface area (Å²) in [6.45, 7) is 7.57. The maximum atomic E-state index is 3.83. The Kier molecular flexibility index (Phi) is 4.04. The van der Waals surface area contributed by atoms with E-state index in [0.29, 0.717) is 5.92 Å². The lowest BCUT2D eigenvalue weighted by atomic mass is 9.96. The highest BCUT2D eigenvalue weighted by Gasteiger charge is 2.02. The predicted molar refractivity (Wildman–Crippen MR) is 58.6 cm³/mol. The number of benzene rings is 1. The van der Waals surface area contributed by atoms with E-state index in [1.807, 2.05) is 18.2 Å². The summed E-state index contributed by atoms with van der Waals surface area (Å²) in [7, 11) is 0. The van der Waals surface area contributed by atoms with Crippen LogP contribution in [0.15, 0.2) is 55.6 Å². The van der Waals surface area contributed by atoms with Crippen molar-refractivity contribution in [2.24, 2.45) is 5.92 Å². The quantitative estimate of drug-likeness (QED) is 0.595. The van der Waals surface area contributed by atoms with Crippen LogP contribution in [0.2, 0.25) is 0 Å². The molecule has 1 atom stereocenters. The van der Waals surface area contributed by atoms with E-state index in [4.69, 9.17) is 0 Å². The minimum absolute atomic E-state index is 0.528. The molecule has 0 heteroatoms. The first-order valence-electron chi connectivity index (χ1n) is 4.64. The highest BCUT2D eigenvalue weighted by atomic mass is 14.1. The van der Waals surface area contributed by atoms with Crippen LogP contribution >= 0.6 is 0 Å². The van der Waals surface area contributed by atoms with E-state index in [0.717, 1.165) is 12.8 Å². The zero-order valence-corrected chi connectivity index (χ0v) is 7.95. The lowest BCUT2D eigenvalue weighted by Gasteiger charge is -2.09. The molecule has 0 radical (unpaired) electrons. The molecule has 0 fully saturated rings. The normalized spacial score (nSPS) is 12.0. The van der Waals surface area contributed by atoms with E-state index < -0.39 is 0 Å². The summed E-state index contributed by atoms with van der Waals surface area (Å²) in [5, 5.41) is 0. The first kappa shape index (κ1) is 9.79. The Bertz CT molecular complexity index is 259. The smallest absolute Gasteiger partial charge is 0.0161 e. The van der Waals surface area contributed by atoms with Crippen LogP contribution in [0.1, 0.15) is 12.0 Å². The van der Waals surface area contributed by atoms with Crippen LogP contribution in [0.25, 0.3) is 0 Å². The van der Waals surface area contributed by atoms with Gasteiger partial charge in [-0.1, -0.05) is 42.5 Å². The van der Waals surface area contributed by atoms with Gasteiger partial charge in [-0.2, -0.15) is 0 Å². The summed E-state index contributed by atoms with van der Waals surface area (Å²) in [6.07, 6.45) is 6.04. The molecule has 0 saturated heterocycles. The van der Waals surface area contributed by atoms with Crippen LogP contribution in [0.5, 0.6) is 0 Å². The zero-order chi connectivity index (χ0) is 9.52. The molecule has 0 aliphatic heterocycles. The van der Waals surface area contributed by atoms with Gasteiger partial charge < -0.3 is 0 Å². The molecule has 0 amide bonds. The Morgan fingerprint density at radius 1 is 1.15 bits per heavy atom. The van der Waals surface area contributed by atoms with Crippen LogP contribution in [-0.4, -0.2) is 0 Å². The zero-order valence-electron chi connectivity index (χ0n) is 7.95. The molecule has 0 N–H and O–H groups in total. The van der Waals surface area contributed by atoms with Gasteiger partial charge in [-0.25, -0.2) is 0 Å². The average molecular weight is 172 g/mol. The van der Waals surface area contributed by atoms with Gasteiger partial charge in [0.05, 0.1) is 0 Å². The monoisotopic (exact) mass is 172 g/mol. The molecule has 0 spiro atoms. The largest absolute Gasteiger partial charge is 0.103 e. The molecule has 0 nitrogen and oxygen atoms in total. The Labute approximate surface area is 80.6 Å². The second-order valence-corrected chi connectivity index (χ2v) is 3.21. The van der Waals surface area contributed by atoms with Gasteiger partial charge in [0.1, 0.15) is 0 Å². The van der Waals surface area contributed by atoms with E-state index in [1.165, 1.54) is 5.56 Å². The molecule has 0 heterocycles. The first-order chi connectivity index (χ1) is 6.36. The Morgan fingerprint density at radius 3 is 2.38 bits per heavy atom. The maximum Gasteiger partial charge on any atom is -0.0161 e. The molecule has 0 aliphatic rings. The summed E-state index contributed by atoms with van der Waals surface area (Å²) >= 11 is 0. The molecule has 0 bridgehead atoms. The minimum atomic E-state index is 0.528. The Hall–Kier alpha value is -1.30. The first-order valence-corrected chi connectivity index (χ1v) is 4.64. The number of allylic oxidation sites excluding steroid dienone is 2. The molecule has 1 rings (SSSR count). The molecule has 0 aliphatic carbocycles. The van der Waals surface area contributed by atoms with Crippen molar-refractivity contribution in [2.75, 3.05) is 0 Å². The number of hydrogen-bond acceptors (Lipinski definition) is 0. The summed E-state index contributed by atoms with van der Waals surface area (Å²) in [5.74, 6) is 0.528. The number of hydrogen-bond donors (Lipinski definition) is 0. The van der Waals surface area contributed by atoms with Gasteiger partial charge in [0.25, 0.3) is 0 Å². The molecular weight excluding hydrogens is 156 g/mol. The van der Waals surface area contributed by atoms with Crippen molar-refractivity contribution < 1.29 is 0 Å². The second-order valence-electron chi connectivity index (χ2n) is 3.21. The summed E-state index contributed by atoms with van der Waals surface area (Å²) in [5.41, 5.74) is 1.37. The van der Waals surface area contributed by atoms with Crippen molar-refractivity contribution in [3.8, 4) is 0 Å². The molecule has 13 heavy (non-hydrogen) atoms. The predicted octanol–water partition coefficient (Wildman–Crippen LogP) is 3.61. The highest BCUT2D eigenvalue weighted by Crippen LogP contribution is 2.13. The van der Waals surface area contributed by atoms with Crippen LogP contribution < -0.4 is 0 Å². The van der Waals surface area contributed by atoms with E-state index in [2.05, 4.69) is 37.4 Å². The van der Waals surface area contributed by atoms with Crippen LogP contribution in [0.3, 0.4) is 0 Å². The average Bonchev–Trinajstić information content (AvgIpc) is 2.19. The molecule has 0 saturated carbocycles. The highest BCUT2D eigenvalue weighted by molar-refractivity contribution is 5.16. The van der Waals surface area contributed by atoms with E-state index in [-0.39, 0.29) is 0 Å². The van der Waals surface area contributed by atoms with Crippen molar-refractivity contribution in [1.82, 2.24) is 0 Å². The third-order valence-electron chi connectivity index (χ3n) is 2.14. The van der Waals surface area contributed by atoms with Crippen LogP contribution in [0, 0.1) is 5.92 Å². The Balaban J connectivity index is 2.56. The third-order valence-corrected chi connectivity index (χ3v) is 2.14. The second kappa shape index (κ2) is 5.36. The van der Waals surface area contributed by atoms with Crippen molar-refractivity contribution >= 4 is 0 Å². The molecule has 1 aromatic carbocycles. The third kappa shape index (κ3) is 3.29. The van der Waals surface area contributed by atoms with Gasteiger partial charge in [0.15, 0.2) is 0 Å². The molecule has 0 aromatic heterocycles. The van der Waals surface area contributed by atoms with Gasteiger partial charge in [-0.3, -0.25) is 0 Å². The standard InChI is InChI=1S/C13H16/c1-3-8-12(4-2)11-13-9-6-5-7-10-13/h3-7,9-10,12H,1-2,8,11H2/t12-/m0/s1. The van der Waals surface area contributed by atoms with Crippen molar-refractivity contribution in [1.29, 1.82) is 0 Å². The van der Waals surface area contributed by atoms with Gasteiger partial charge in [0.2, 0.25) is 0 Å². The number of rotatable bonds is 5.